The van der Waals surface area contributed by atoms with Crippen molar-refractivity contribution in [3.8, 4) is 0 Å². The largest absolute Gasteiger partial charge is 0.416 e. The highest BCUT2D eigenvalue weighted by Gasteiger charge is 2.43. The van der Waals surface area contributed by atoms with Crippen molar-refractivity contribution in [2.45, 2.75) is 18.5 Å². The van der Waals surface area contributed by atoms with Crippen LogP contribution in [0.3, 0.4) is 0 Å². The molecule has 90 valence electrons. The van der Waals surface area contributed by atoms with Gasteiger partial charge in [0.05, 0.1) is 5.56 Å². The minimum absolute atomic E-state index is 0. The first-order chi connectivity index (χ1) is 7.04. The fraction of sp³-hybridized carbons (Fsp3) is 0.455. The van der Waals surface area contributed by atoms with Crippen molar-refractivity contribution in [2.24, 2.45) is 11.7 Å². The van der Waals surface area contributed by atoms with Crippen LogP contribution in [0.25, 0.3) is 0 Å². The zero-order chi connectivity index (χ0) is 11.1. The fourth-order valence-corrected chi connectivity index (χ4v) is 1.97. The third kappa shape index (κ3) is 2.50. The maximum Gasteiger partial charge on any atom is 0.416 e. The van der Waals surface area contributed by atoms with E-state index in [4.69, 9.17) is 5.73 Å². The predicted octanol–water partition coefficient (Wildman–Crippen LogP) is 3.19. The average molecular weight is 252 g/mol. The van der Waals surface area contributed by atoms with Crippen LogP contribution in [-0.2, 0) is 6.18 Å². The number of alkyl halides is 3. The number of hydrogen-bond donors (Lipinski definition) is 1. The van der Waals surface area contributed by atoms with Gasteiger partial charge < -0.3 is 5.73 Å². The molecule has 0 aliphatic heterocycles. The molecule has 0 spiro atoms. The number of hydrogen-bond acceptors (Lipinski definition) is 1. The van der Waals surface area contributed by atoms with E-state index < -0.39 is 11.7 Å². The van der Waals surface area contributed by atoms with Gasteiger partial charge in [-0.05, 0) is 36.4 Å². The number of rotatable bonds is 2. The van der Waals surface area contributed by atoms with Crippen molar-refractivity contribution >= 4 is 12.4 Å². The molecule has 1 aromatic rings. The van der Waals surface area contributed by atoms with E-state index in [1.54, 1.807) is 12.1 Å². The highest BCUT2D eigenvalue weighted by atomic mass is 35.5. The molecule has 0 bridgehead atoms. The van der Waals surface area contributed by atoms with E-state index in [1.165, 1.54) is 6.07 Å². The Balaban J connectivity index is 0.00000128. The summed E-state index contributed by atoms with van der Waals surface area (Å²) in [7, 11) is 0. The summed E-state index contributed by atoms with van der Waals surface area (Å²) in [5.41, 5.74) is 5.33. The van der Waals surface area contributed by atoms with Crippen LogP contribution in [-0.4, -0.2) is 6.54 Å². The van der Waals surface area contributed by atoms with Crippen molar-refractivity contribution in [2.75, 3.05) is 6.54 Å². The van der Waals surface area contributed by atoms with Gasteiger partial charge >= 0.3 is 6.18 Å². The van der Waals surface area contributed by atoms with Gasteiger partial charge in [-0.15, -0.1) is 12.4 Å². The quantitative estimate of drug-likeness (QED) is 0.858. The van der Waals surface area contributed by atoms with E-state index in [9.17, 15) is 13.2 Å². The molecule has 1 aliphatic rings. The lowest BCUT2D eigenvalue weighted by Crippen LogP contribution is -2.09. The maximum absolute atomic E-state index is 12.6. The van der Waals surface area contributed by atoms with Crippen LogP contribution >= 0.6 is 12.4 Å². The second-order valence-corrected chi connectivity index (χ2v) is 3.92. The van der Waals surface area contributed by atoms with Crippen LogP contribution in [0, 0.1) is 5.92 Å². The zero-order valence-electron chi connectivity index (χ0n) is 8.50. The summed E-state index contributed by atoms with van der Waals surface area (Å²) < 4.78 is 37.9. The van der Waals surface area contributed by atoms with Crippen molar-refractivity contribution in [1.29, 1.82) is 0 Å². The van der Waals surface area contributed by atoms with Gasteiger partial charge in [0.2, 0.25) is 0 Å². The van der Waals surface area contributed by atoms with E-state index in [0.29, 0.717) is 12.1 Å². The van der Waals surface area contributed by atoms with Crippen molar-refractivity contribution < 1.29 is 13.2 Å². The van der Waals surface area contributed by atoms with E-state index in [1.807, 2.05) is 0 Å². The third-order valence-electron chi connectivity index (χ3n) is 2.89. The molecule has 16 heavy (non-hydrogen) atoms. The standard InChI is InChI=1S/C11H12F3N.ClH/c12-11(13,14)10-4-2-1-3-8(10)9-5-7(9)6-15;/h1-4,7,9H,5-6,15H2;1H/t7-,9+;/m1./s1. The SMILES string of the molecule is Cl.NC[C@H]1C[C@@H]1c1ccccc1C(F)(F)F. The molecular weight excluding hydrogens is 239 g/mol. The Morgan fingerprint density at radius 3 is 2.38 bits per heavy atom. The molecule has 0 aromatic heterocycles. The van der Waals surface area contributed by atoms with Crippen molar-refractivity contribution in [3.63, 3.8) is 0 Å². The second-order valence-electron chi connectivity index (χ2n) is 3.92. The second kappa shape index (κ2) is 4.63. The topological polar surface area (TPSA) is 26.0 Å². The van der Waals surface area contributed by atoms with Crippen LogP contribution in [0.1, 0.15) is 23.5 Å². The lowest BCUT2D eigenvalue weighted by Gasteiger charge is -2.12. The molecule has 2 rings (SSSR count). The zero-order valence-corrected chi connectivity index (χ0v) is 9.31. The first-order valence-corrected chi connectivity index (χ1v) is 4.90. The molecule has 1 nitrogen and oxygen atoms in total. The maximum atomic E-state index is 12.6. The Hall–Kier alpha value is -0.740. The Labute approximate surface area is 98.2 Å². The van der Waals surface area contributed by atoms with E-state index in [0.717, 1.165) is 12.5 Å². The van der Waals surface area contributed by atoms with E-state index in [-0.39, 0.29) is 24.2 Å². The molecule has 0 saturated heterocycles. The predicted molar refractivity (Wildman–Crippen MR) is 58.6 cm³/mol. The Morgan fingerprint density at radius 1 is 1.25 bits per heavy atom. The molecule has 1 aromatic carbocycles. The summed E-state index contributed by atoms with van der Waals surface area (Å²) >= 11 is 0. The van der Waals surface area contributed by atoms with Crippen LogP contribution < -0.4 is 5.73 Å². The van der Waals surface area contributed by atoms with Gasteiger partial charge in [0.15, 0.2) is 0 Å². The Morgan fingerprint density at radius 2 is 1.88 bits per heavy atom. The molecular formula is C11H13ClF3N. The summed E-state index contributed by atoms with van der Waals surface area (Å²) in [5, 5.41) is 0. The highest BCUT2D eigenvalue weighted by molar-refractivity contribution is 5.85. The Kier molecular flexibility index (Phi) is 3.86. The highest BCUT2D eigenvalue weighted by Crippen LogP contribution is 2.50. The molecule has 1 aliphatic carbocycles. The van der Waals surface area contributed by atoms with Gasteiger partial charge in [-0.2, -0.15) is 13.2 Å². The molecule has 2 atom stereocenters. The smallest absolute Gasteiger partial charge is 0.330 e. The summed E-state index contributed by atoms with van der Waals surface area (Å²) in [5.74, 6) is 0.237. The number of benzene rings is 1. The summed E-state index contributed by atoms with van der Waals surface area (Å²) in [6, 6.07) is 5.77. The molecule has 0 unspecified atom stereocenters. The van der Waals surface area contributed by atoms with E-state index >= 15 is 0 Å². The monoisotopic (exact) mass is 251 g/mol. The minimum atomic E-state index is -4.25. The normalized spacial score (nSPS) is 23.8. The van der Waals surface area contributed by atoms with Gasteiger partial charge in [0.1, 0.15) is 0 Å². The fourth-order valence-electron chi connectivity index (χ4n) is 1.97. The van der Waals surface area contributed by atoms with Crippen molar-refractivity contribution in [3.05, 3.63) is 35.4 Å². The lowest BCUT2D eigenvalue weighted by atomic mass is 10.0. The van der Waals surface area contributed by atoms with Crippen LogP contribution in [0.15, 0.2) is 24.3 Å². The van der Waals surface area contributed by atoms with Gasteiger partial charge in [0, 0.05) is 0 Å². The van der Waals surface area contributed by atoms with Gasteiger partial charge in [-0.25, -0.2) is 0 Å². The summed E-state index contributed by atoms with van der Waals surface area (Å²) in [6.07, 6.45) is -3.47. The molecule has 1 fully saturated rings. The third-order valence-corrected chi connectivity index (χ3v) is 2.89. The summed E-state index contributed by atoms with van der Waals surface area (Å²) in [4.78, 5) is 0. The van der Waals surface area contributed by atoms with Gasteiger partial charge in [0.25, 0.3) is 0 Å². The molecule has 1 saturated carbocycles. The first-order valence-electron chi connectivity index (χ1n) is 4.90. The Bertz CT molecular complexity index is 364. The summed E-state index contributed by atoms with van der Waals surface area (Å²) in [6.45, 7) is 0.469. The average Bonchev–Trinajstić information content (AvgIpc) is 2.95. The molecule has 2 N–H and O–H groups in total. The minimum Gasteiger partial charge on any atom is -0.330 e. The molecule has 5 heteroatoms. The molecule has 0 radical (unpaired) electrons. The molecule has 0 heterocycles. The lowest BCUT2D eigenvalue weighted by molar-refractivity contribution is -0.138. The number of halogens is 4. The van der Waals surface area contributed by atoms with E-state index in [2.05, 4.69) is 0 Å². The van der Waals surface area contributed by atoms with Crippen molar-refractivity contribution in [1.82, 2.24) is 0 Å². The van der Waals surface area contributed by atoms with Gasteiger partial charge in [-0.1, -0.05) is 18.2 Å². The van der Waals surface area contributed by atoms with Gasteiger partial charge in [-0.3, -0.25) is 0 Å². The van der Waals surface area contributed by atoms with Crippen LogP contribution in [0.4, 0.5) is 13.2 Å². The van der Waals surface area contributed by atoms with Crippen LogP contribution in [0.2, 0.25) is 0 Å². The van der Waals surface area contributed by atoms with Crippen LogP contribution in [0.5, 0.6) is 0 Å². The molecule has 0 amide bonds. The first kappa shape index (κ1) is 13.3. The number of nitrogens with two attached hydrogens (primary N) is 1.